The fourth-order valence-corrected chi connectivity index (χ4v) is 3.06. The van der Waals surface area contributed by atoms with Crippen molar-refractivity contribution in [2.75, 3.05) is 6.54 Å². The van der Waals surface area contributed by atoms with Gasteiger partial charge in [-0.15, -0.1) is 0 Å². The minimum Gasteiger partial charge on any atom is -0.336 e. The Labute approximate surface area is 129 Å². The fraction of sp³-hybridized carbons (Fsp3) is 0.412. The van der Waals surface area contributed by atoms with E-state index in [9.17, 15) is 9.18 Å². The maximum Gasteiger partial charge on any atom is 0.246 e. The Morgan fingerprint density at radius 3 is 2.95 bits per heavy atom. The second-order valence-electron chi connectivity index (χ2n) is 6.12. The second-order valence-corrected chi connectivity index (χ2v) is 6.12. The van der Waals surface area contributed by atoms with Crippen molar-refractivity contribution in [1.29, 1.82) is 0 Å². The summed E-state index contributed by atoms with van der Waals surface area (Å²) in [5, 5.41) is 0. The Morgan fingerprint density at radius 2 is 2.23 bits per heavy atom. The van der Waals surface area contributed by atoms with E-state index in [2.05, 4.69) is 4.98 Å². The first-order chi connectivity index (χ1) is 10.6. The Morgan fingerprint density at radius 1 is 1.41 bits per heavy atom. The van der Waals surface area contributed by atoms with Crippen LogP contribution in [0.15, 0.2) is 36.8 Å². The van der Waals surface area contributed by atoms with Gasteiger partial charge in [-0.2, -0.15) is 0 Å². The van der Waals surface area contributed by atoms with Crippen LogP contribution in [-0.2, 0) is 17.8 Å². The van der Waals surface area contributed by atoms with E-state index >= 15 is 0 Å². The van der Waals surface area contributed by atoms with Gasteiger partial charge < -0.3 is 9.47 Å². The first-order valence-corrected chi connectivity index (χ1v) is 7.60. The van der Waals surface area contributed by atoms with Gasteiger partial charge in [0, 0.05) is 31.4 Å². The summed E-state index contributed by atoms with van der Waals surface area (Å²) >= 11 is 0. The molecule has 0 spiro atoms. The summed E-state index contributed by atoms with van der Waals surface area (Å²) < 4.78 is 15.3. The van der Waals surface area contributed by atoms with Crippen LogP contribution < -0.4 is 0 Å². The van der Waals surface area contributed by atoms with Crippen LogP contribution >= 0.6 is 0 Å². The number of benzene rings is 1. The van der Waals surface area contributed by atoms with E-state index in [1.165, 1.54) is 12.1 Å². The molecule has 0 aliphatic carbocycles. The van der Waals surface area contributed by atoms with Gasteiger partial charge >= 0.3 is 0 Å². The monoisotopic (exact) mass is 301 g/mol. The molecule has 1 unspecified atom stereocenters. The van der Waals surface area contributed by atoms with E-state index in [1.54, 1.807) is 12.4 Å². The number of carbonyl (C=O) groups excluding carboxylic acids is 1. The number of amides is 1. The Kier molecular flexibility index (Phi) is 3.96. The zero-order valence-electron chi connectivity index (χ0n) is 12.9. The Hall–Kier alpha value is -2.17. The van der Waals surface area contributed by atoms with Crippen LogP contribution in [0.2, 0.25) is 0 Å². The number of hydrogen-bond acceptors (Lipinski definition) is 2. The first kappa shape index (κ1) is 14.8. The number of rotatable bonds is 3. The number of imidazole rings is 1. The van der Waals surface area contributed by atoms with Crippen molar-refractivity contribution in [3.8, 4) is 0 Å². The van der Waals surface area contributed by atoms with E-state index in [0.29, 0.717) is 13.1 Å². The van der Waals surface area contributed by atoms with Crippen molar-refractivity contribution in [2.45, 2.75) is 32.9 Å². The summed E-state index contributed by atoms with van der Waals surface area (Å²) in [6.07, 6.45) is 4.34. The molecule has 0 saturated heterocycles. The van der Waals surface area contributed by atoms with E-state index in [4.69, 9.17) is 0 Å². The van der Waals surface area contributed by atoms with Crippen LogP contribution in [0.3, 0.4) is 0 Å². The lowest BCUT2D eigenvalue weighted by Gasteiger charge is -2.27. The molecule has 1 aromatic carbocycles. The number of fused-ring (bicyclic) bond motifs is 1. The van der Waals surface area contributed by atoms with Crippen molar-refractivity contribution in [1.82, 2.24) is 14.5 Å². The topological polar surface area (TPSA) is 38.1 Å². The van der Waals surface area contributed by atoms with E-state index in [1.807, 2.05) is 35.6 Å². The summed E-state index contributed by atoms with van der Waals surface area (Å²) in [5.41, 5.74) is 1.90. The van der Waals surface area contributed by atoms with Crippen LogP contribution in [0.5, 0.6) is 0 Å². The molecule has 0 bridgehead atoms. The largest absolute Gasteiger partial charge is 0.336 e. The first-order valence-electron chi connectivity index (χ1n) is 7.60. The molecule has 0 saturated carbocycles. The molecule has 2 heterocycles. The molecule has 0 fully saturated rings. The van der Waals surface area contributed by atoms with Crippen molar-refractivity contribution < 1.29 is 9.18 Å². The zero-order chi connectivity index (χ0) is 15.7. The van der Waals surface area contributed by atoms with Gasteiger partial charge in [-0.05, 0) is 23.6 Å². The highest BCUT2D eigenvalue weighted by Gasteiger charge is 2.32. The minimum atomic E-state index is -0.268. The highest BCUT2D eigenvalue weighted by atomic mass is 19.1. The van der Waals surface area contributed by atoms with Crippen LogP contribution in [-0.4, -0.2) is 26.9 Å². The second kappa shape index (κ2) is 5.91. The van der Waals surface area contributed by atoms with Gasteiger partial charge in [0.25, 0.3) is 0 Å². The molecule has 1 aliphatic rings. The highest BCUT2D eigenvalue weighted by Crippen LogP contribution is 2.26. The van der Waals surface area contributed by atoms with Crippen LogP contribution in [0.1, 0.15) is 31.1 Å². The lowest BCUT2D eigenvalue weighted by molar-refractivity contribution is -0.136. The average Bonchev–Trinajstić information content (AvgIpc) is 2.86. The quantitative estimate of drug-likeness (QED) is 0.874. The maximum atomic E-state index is 13.4. The number of halogens is 1. The van der Waals surface area contributed by atoms with E-state index < -0.39 is 0 Å². The molecule has 1 aromatic heterocycles. The molecule has 3 rings (SSSR count). The molecule has 22 heavy (non-hydrogen) atoms. The predicted molar refractivity (Wildman–Crippen MR) is 81.6 cm³/mol. The van der Waals surface area contributed by atoms with Crippen molar-refractivity contribution in [3.63, 3.8) is 0 Å². The average molecular weight is 301 g/mol. The Bertz CT molecular complexity index is 680. The molecular weight excluding hydrogens is 281 g/mol. The predicted octanol–water partition coefficient (Wildman–Crippen LogP) is 2.80. The van der Waals surface area contributed by atoms with Crippen LogP contribution in [0.25, 0.3) is 0 Å². The standard InChI is InChI=1S/C17H20FN3O/c1-12(2)16-17(22)20(7-6-15-9-19-11-21(15)16)10-13-4-3-5-14(18)8-13/h3-5,8-9,11-12,16H,6-7,10H2,1-2H3. The van der Waals surface area contributed by atoms with Gasteiger partial charge in [0.2, 0.25) is 5.91 Å². The molecule has 0 N–H and O–H groups in total. The van der Waals surface area contributed by atoms with Gasteiger partial charge in [0.1, 0.15) is 11.9 Å². The number of carbonyl (C=O) groups is 1. The van der Waals surface area contributed by atoms with Crippen LogP contribution in [0.4, 0.5) is 4.39 Å². The molecule has 4 nitrogen and oxygen atoms in total. The maximum absolute atomic E-state index is 13.4. The zero-order valence-corrected chi connectivity index (χ0v) is 12.9. The van der Waals surface area contributed by atoms with Gasteiger partial charge in [0.05, 0.1) is 6.33 Å². The lowest BCUT2D eigenvalue weighted by Crippen LogP contribution is -2.37. The van der Waals surface area contributed by atoms with Crippen molar-refractivity contribution >= 4 is 5.91 Å². The summed E-state index contributed by atoms with van der Waals surface area (Å²) in [6, 6.07) is 6.20. The normalized spacial score (nSPS) is 18.5. The smallest absolute Gasteiger partial charge is 0.246 e. The molecule has 0 radical (unpaired) electrons. The van der Waals surface area contributed by atoms with E-state index in [-0.39, 0.29) is 23.7 Å². The number of nitrogens with zero attached hydrogens (tertiary/aromatic N) is 3. The molecule has 1 amide bonds. The number of hydrogen-bond donors (Lipinski definition) is 0. The Balaban J connectivity index is 1.88. The summed E-state index contributed by atoms with van der Waals surface area (Å²) in [7, 11) is 0. The molecule has 1 aliphatic heterocycles. The van der Waals surface area contributed by atoms with Gasteiger partial charge in [-0.1, -0.05) is 26.0 Å². The SMILES string of the molecule is CC(C)C1C(=O)N(Cc2cccc(F)c2)CCc2cncn21. The van der Waals surface area contributed by atoms with E-state index in [0.717, 1.165) is 17.7 Å². The molecular formula is C17H20FN3O. The molecule has 5 heteroatoms. The van der Waals surface area contributed by atoms with Gasteiger partial charge in [-0.25, -0.2) is 9.37 Å². The van der Waals surface area contributed by atoms with Gasteiger partial charge in [-0.3, -0.25) is 4.79 Å². The van der Waals surface area contributed by atoms with Crippen LogP contribution in [0, 0.1) is 11.7 Å². The number of aromatic nitrogens is 2. The van der Waals surface area contributed by atoms with Gasteiger partial charge in [0.15, 0.2) is 0 Å². The highest BCUT2D eigenvalue weighted by molar-refractivity contribution is 5.81. The molecule has 2 aromatic rings. The summed E-state index contributed by atoms with van der Waals surface area (Å²) in [5.74, 6) is -0.0137. The van der Waals surface area contributed by atoms with Crippen molar-refractivity contribution in [2.24, 2.45) is 5.92 Å². The third kappa shape index (κ3) is 2.75. The molecule has 1 atom stereocenters. The molecule has 116 valence electrons. The summed E-state index contributed by atoms with van der Waals surface area (Å²) in [4.78, 5) is 18.9. The third-order valence-electron chi connectivity index (χ3n) is 4.14. The van der Waals surface area contributed by atoms with Crippen molar-refractivity contribution in [3.05, 3.63) is 53.9 Å². The summed E-state index contributed by atoms with van der Waals surface area (Å²) in [6.45, 7) is 5.15. The third-order valence-corrected chi connectivity index (χ3v) is 4.14. The lowest BCUT2D eigenvalue weighted by atomic mass is 10.0. The minimum absolute atomic E-state index is 0.0796. The fourth-order valence-electron chi connectivity index (χ4n) is 3.06.